The molecule has 0 heterocycles. The number of ketones is 1. The van der Waals surface area contributed by atoms with Crippen LogP contribution in [0.1, 0.15) is 330 Å². The summed E-state index contributed by atoms with van der Waals surface area (Å²) in [4.78, 5) is 141. The van der Waals surface area contributed by atoms with Gasteiger partial charge in [0.2, 0.25) is 0 Å². The number of hydrogen-bond donors (Lipinski definition) is 8. The van der Waals surface area contributed by atoms with E-state index in [0.29, 0.717) is 24.5 Å². The molecule has 0 saturated heterocycles. The van der Waals surface area contributed by atoms with Gasteiger partial charge in [0, 0.05) is 12.5 Å². The first-order valence-electron chi connectivity index (χ1n) is 50.5. The second kappa shape index (κ2) is 79.5. The molecule has 5 amide bonds. The summed E-state index contributed by atoms with van der Waals surface area (Å²) in [6, 6.07) is 34.7. The largest absolute Gasteiger partial charge is 1.00 e. The van der Waals surface area contributed by atoms with Gasteiger partial charge in [-0.25, -0.2) is 28.8 Å². The van der Waals surface area contributed by atoms with Crippen LogP contribution in [-0.4, -0.2) is 174 Å². The van der Waals surface area contributed by atoms with E-state index in [9.17, 15) is 62.6 Å². The van der Waals surface area contributed by atoms with Crippen molar-refractivity contribution in [1.82, 2.24) is 26.6 Å². The maximum atomic E-state index is 12.9. The van der Waals surface area contributed by atoms with Crippen LogP contribution in [0.3, 0.4) is 0 Å². The van der Waals surface area contributed by atoms with E-state index in [4.69, 9.17) is 63.6 Å². The Hall–Kier alpha value is -10.5. The van der Waals surface area contributed by atoms with Crippen LogP contribution in [0.15, 0.2) is 121 Å². The number of Topliss-reactive ketones (excluding diaryl/α,β-unsaturated/α-hetero) is 1. The third kappa shape index (κ3) is 82.2. The molecule has 0 aliphatic carbocycles. The minimum absolute atomic E-state index is 0. The first-order valence-corrected chi connectivity index (χ1v) is 57.5. The number of aliphatic hydroxyl groups is 1. The topological polar surface area (TPSA) is 418 Å². The van der Waals surface area contributed by atoms with Crippen molar-refractivity contribution >= 4 is 98.8 Å². The summed E-state index contributed by atoms with van der Waals surface area (Å²) >= 11 is 6.15. The predicted molar refractivity (Wildman–Crippen MR) is 603 cm³/mol. The smallest absolute Gasteiger partial charge is 0.484 e. The minimum Gasteiger partial charge on any atom is -0.484 e. The molecule has 150 heavy (non-hydrogen) atoms. The molecule has 0 radical (unpaired) electrons. The predicted octanol–water partition coefficient (Wildman–Crippen LogP) is 22.9. The fourth-order valence-electron chi connectivity index (χ4n) is 11.5. The SMILES string of the molecule is C.C#C.C#CC.CC#CC.CC(C)(C)[Si](C)(C)Cl.CC[C@H](C)[C@H](NC(=O)OC(C)(C)C)C(=O)CC(=O)OCc1ccccc1.CC[C@H](C)[C@H](NC(=O)OC(C)(C)C)C(=O)O.CC[C@H](C)[C@H](NC(=O)OC(C)(C)C)[C@@H](C)CC(=O)O.CC[C@H](C)[C@H](NC(=O)OC(C)(C)C)[C@@H](O)CC(=O)OCc1ccccc1.CC[C@H](C)[C@H](NC(=O)OC(C)(C)C)[C@H](CC(=O)OCc1ccccc1)O[Si](C)(C)C(C)(C)C.[CH2-]C(=O)OCc1ccccc1.[Li+]. The minimum atomic E-state index is -2.24. The Bertz CT molecular complexity index is 4540. The summed E-state index contributed by atoms with van der Waals surface area (Å²) in [6.45, 7) is 78.7. The fraction of sp³-hybridized carbons (Fsp3) is 0.629. The number of carbonyl (C=O) groups excluding carboxylic acids is 10. The number of terminal acetylenes is 2. The van der Waals surface area contributed by atoms with Gasteiger partial charge in [-0.3, -0.25) is 35.7 Å². The number of ether oxygens (including phenoxy) is 9. The molecule has 8 N–H and O–H groups in total. The molecule has 0 bridgehead atoms. The van der Waals surface area contributed by atoms with Crippen molar-refractivity contribution in [3.8, 4) is 37.0 Å². The van der Waals surface area contributed by atoms with Crippen LogP contribution in [0.5, 0.6) is 0 Å². The number of aliphatic carboxylic acids is 2. The van der Waals surface area contributed by atoms with Gasteiger partial charge in [-0.1, -0.05) is 292 Å². The molecule has 34 heteroatoms. The van der Waals surface area contributed by atoms with Gasteiger partial charge in [0.05, 0.1) is 43.2 Å². The van der Waals surface area contributed by atoms with Crippen LogP contribution in [0.2, 0.25) is 36.3 Å². The van der Waals surface area contributed by atoms with Gasteiger partial charge in [0.15, 0.2) is 27.5 Å². The maximum absolute atomic E-state index is 12.9. The van der Waals surface area contributed by atoms with Crippen molar-refractivity contribution in [2.75, 3.05) is 0 Å². The number of nitrogens with one attached hydrogen (secondary N) is 5. The van der Waals surface area contributed by atoms with Gasteiger partial charge >= 0.3 is 79.2 Å². The number of hydrogen-bond acceptors (Lipinski definition) is 23. The zero-order chi connectivity index (χ0) is 116. The van der Waals surface area contributed by atoms with Gasteiger partial charge in [-0.05, 0) is 206 Å². The van der Waals surface area contributed by atoms with E-state index in [1.807, 2.05) is 211 Å². The van der Waals surface area contributed by atoms with E-state index >= 15 is 0 Å². The van der Waals surface area contributed by atoms with Gasteiger partial charge in [0.1, 0.15) is 66.9 Å². The summed E-state index contributed by atoms with van der Waals surface area (Å²) < 4.78 is 53.5. The number of esters is 4. The number of carbonyl (C=O) groups is 12. The van der Waals surface area contributed by atoms with E-state index < -0.39 is 141 Å². The molecule has 0 spiro atoms. The van der Waals surface area contributed by atoms with E-state index in [-0.39, 0.29) is 130 Å². The molecule has 0 saturated carbocycles. The summed E-state index contributed by atoms with van der Waals surface area (Å²) in [5.74, 6) is 3.21. The molecule has 848 valence electrons. The Morgan fingerprint density at radius 2 is 0.640 bits per heavy atom. The summed E-state index contributed by atoms with van der Waals surface area (Å²) in [5, 5.41) is 42.0. The summed E-state index contributed by atoms with van der Waals surface area (Å²) in [6.07, 6.45) is 11.3. The Kier molecular flexibility index (Phi) is 82.0. The molecule has 0 aliphatic rings. The number of carboxylic acids is 2. The Morgan fingerprint density at radius 3 is 0.907 bits per heavy atom. The molecule has 4 rings (SSSR count). The van der Waals surface area contributed by atoms with Crippen LogP contribution >= 0.6 is 11.1 Å². The third-order valence-corrected chi connectivity index (χ3v) is 32.2. The number of halogens is 1. The molecule has 0 fully saturated rings. The van der Waals surface area contributed by atoms with Crippen molar-refractivity contribution in [2.45, 2.75) is 441 Å². The van der Waals surface area contributed by atoms with Gasteiger partial charge in [-0.15, -0.1) is 37.0 Å². The van der Waals surface area contributed by atoms with Crippen LogP contribution in [-0.2, 0) is 107 Å². The van der Waals surface area contributed by atoms with Crippen LogP contribution < -0.4 is 45.4 Å². The number of rotatable bonds is 38. The molecule has 0 unspecified atom stereocenters. The van der Waals surface area contributed by atoms with Crippen LogP contribution in [0.25, 0.3) is 0 Å². The average molecular weight is 2160 g/mol. The molecule has 30 nitrogen and oxygen atoms in total. The summed E-state index contributed by atoms with van der Waals surface area (Å²) in [7, 11) is -3.63. The quantitative estimate of drug-likeness (QED) is 0.00393. The van der Waals surface area contributed by atoms with E-state index in [0.717, 1.165) is 41.5 Å². The molecular weight excluding hydrogens is 1960 g/mol. The number of benzene rings is 4. The summed E-state index contributed by atoms with van der Waals surface area (Å²) in [5.41, 5.74) is 0.532. The monoisotopic (exact) mass is 2150 g/mol. The second-order valence-electron chi connectivity index (χ2n) is 43.7. The van der Waals surface area contributed by atoms with Crippen LogP contribution in [0.4, 0.5) is 24.0 Å². The number of alkyl carbamates (subject to hydrolysis) is 5. The Balaban J connectivity index is -0.000000265. The first-order chi connectivity index (χ1) is 67.9. The van der Waals surface area contributed by atoms with Gasteiger partial charge in [0.25, 0.3) is 0 Å². The molecule has 0 aliphatic heterocycles. The van der Waals surface area contributed by atoms with E-state index in [1.54, 1.807) is 96.9 Å². The van der Waals surface area contributed by atoms with Crippen LogP contribution in [0, 0.1) is 79.5 Å². The average Bonchev–Trinajstić information content (AvgIpc) is 0.806. The van der Waals surface area contributed by atoms with Gasteiger partial charge < -0.3 is 89.0 Å². The molecule has 13 atom stereocenters. The number of carboxylic acid groups (broad SMARTS) is 2. The van der Waals surface area contributed by atoms with Gasteiger partial charge in [-0.2, -0.15) is 11.1 Å². The Morgan fingerprint density at radius 1 is 0.387 bits per heavy atom. The molecule has 0 aromatic heterocycles. The molecular formula is C116H193ClLiN5O25Si2. The maximum Gasteiger partial charge on any atom is 1.00 e. The zero-order valence-corrected chi connectivity index (χ0v) is 101. The van der Waals surface area contributed by atoms with Crippen molar-refractivity contribution in [3.05, 3.63) is 151 Å². The van der Waals surface area contributed by atoms with Crippen molar-refractivity contribution in [1.29, 1.82) is 0 Å². The van der Waals surface area contributed by atoms with E-state index in [2.05, 4.69) is 157 Å². The molecule has 4 aromatic rings. The van der Waals surface area contributed by atoms with Crippen molar-refractivity contribution in [3.63, 3.8) is 0 Å². The van der Waals surface area contributed by atoms with Crippen molar-refractivity contribution in [2.24, 2.45) is 35.5 Å². The zero-order valence-electron chi connectivity index (χ0n) is 97.9. The van der Waals surface area contributed by atoms with Crippen molar-refractivity contribution < 1.29 is 139 Å². The van der Waals surface area contributed by atoms with E-state index in [1.165, 1.54) is 0 Å². The number of amides is 5. The fourth-order valence-corrected chi connectivity index (χ4v) is 12.9. The Labute approximate surface area is 922 Å². The number of aliphatic hydroxyl groups excluding tert-OH is 1. The second-order valence-corrected chi connectivity index (χ2v) is 55.8. The third-order valence-electron chi connectivity index (χ3n) is 22.4. The first kappa shape index (κ1) is 155. The normalized spacial score (nSPS) is 13.5. The molecule has 4 aromatic carbocycles. The standard InChI is InChI=1S/C26H45NO5Si.C20H31NO5.C20H29NO5.C14H27NO4.C11H21NO4.C9H9O2.C6H15ClSi.C4H6.C3H4.C2H2.CH4.Li/c1-11-19(2)23(27-24(29)31-25(3,4)5)21(32-33(9,10)26(6,7)8)17-22(28)30-18-20-15-13-12-14-16-20;2*1-6-14(2)18(21-19(24)26-20(3,4)5)16(22)12-17(23)25-13-15-10-8-7-9-11-15;1-7-9(2)12(10(3)8-11(16)17)15-13(18)19-14(4,5)6;1-6-7(2)8(9(13)14)12-10(15)16-11(3,4)5;1-8(10)11-7-9-5-3-2-4-6-9;1-6(2,3)8(4,5)7;1-3-4-2;1-3-2;1-2;;/h12-16,19,21,23H,11,17-18H2,1-10H3,(H,27,29);7-11,14,16,18,22H,6,12-13H2,1-5H3,(H,21,24);7-11,14,18H,6,12-13H2,1-5H3,(H,21,24);9-10,12H,7-8H2,1-6H3,(H,15,18)(H,16,17);7-8H,6H2,1-5H3,(H,12,15)(H,13,14);2-6H,1,7H2;1-5H3;1-2H3;1H,2H3;1-2H;1H4;/q;;;;;-1;;;;;;+1/t19-,21-,23-;14-,16-,18-;14-,18-;9-,10-,12-;7-,8-;;;;;;;/m00000......./s1.